The number of para-hydroxylation sites is 1. The molecule has 2 rings (SSSR count). The van der Waals surface area contributed by atoms with Crippen LogP contribution in [0.1, 0.15) is 6.92 Å². The quantitative estimate of drug-likeness (QED) is 0.768. The lowest BCUT2D eigenvalue weighted by Gasteiger charge is -2.20. The first-order chi connectivity index (χ1) is 8.85. The molecule has 2 aromatic rings. The summed E-state index contributed by atoms with van der Waals surface area (Å²) in [6.45, 7) is 6.53. The van der Waals surface area contributed by atoms with E-state index in [1.807, 2.05) is 60.5 Å². The van der Waals surface area contributed by atoms with Crippen LogP contribution in [0.25, 0.3) is 0 Å². The smallest absolute Gasteiger partial charge is 0.119 e. The van der Waals surface area contributed by atoms with Gasteiger partial charge in [0.25, 0.3) is 0 Å². The predicted octanol–water partition coefficient (Wildman–Crippen LogP) is 4.37. The van der Waals surface area contributed by atoms with Crippen LogP contribution in [-0.4, -0.2) is 6.61 Å². The van der Waals surface area contributed by atoms with E-state index in [1.54, 1.807) is 0 Å². The maximum Gasteiger partial charge on any atom is 0.119 e. The van der Waals surface area contributed by atoms with Crippen LogP contribution >= 0.6 is 0 Å². The van der Waals surface area contributed by atoms with E-state index in [2.05, 4.69) is 18.7 Å². The molecular weight excluding hydrogens is 222 g/mol. The van der Waals surface area contributed by atoms with Crippen molar-refractivity contribution in [1.82, 2.24) is 0 Å². The Balaban J connectivity index is 2.25. The molecule has 0 aliphatic carbocycles. The Bertz CT molecular complexity index is 490. The summed E-state index contributed by atoms with van der Waals surface area (Å²) < 4.78 is 5.44. The zero-order valence-electron chi connectivity index (χ0n) is 10.5. The third-order valence-corrected chi connectivity index (χ3v) is 2.64. The van der Waals surface area contributed by atoms with Crippen molar-refractivity contribution in [1.29, 1.82) is 0 Å². The fraction of sp³-hybridized carbons (Fsp3) is 0.125. The van der Waals surface area contributed by atoms with Gasteiger partial charge in [0.1, 0.15) is 5.75 Å². The number of rotatable bonds is 5. The summed E-state index contributed by atoms with van der Waals surface area (Å²) in [5.41, 5.74) is 2.16. The minimum absolute atomic E-state index is 0.684. The molecule has 0 saturated carbocycles. The van der Waals surface area contributed by atoms with Crippen LogP contribution in [0.5, 0.6) is 5.75 Å². The highest BCUT2D eigenvalue weighted by molar-refractivity contribution is 5.66. The highest BCUT2D eigenvalue weighted by atomic mass is 16.5. The summed E-state index contributed by atoms with van der Waals surface area (Å²) in [5, 5.41) is 0. The summed E-state index contributed by atoms with van der Waals surface area (Å²) in [6, 6.07) is 18.1. The Labute approximate surface area is 108 Å². The van der Waals surface area contributed by atoms with Crippen molar-refractivity contribution in [3.63, 3.8) is 0 Å². The summed E-state index contributed by atoms with van der Waals surface area (Å²) >= 11 is 0. The van der Waals surface area contributed by atoms with Gasteiger partial charge in [-0.1, -0.05) is 24.8 Å². The molecule has 0 aliphatic rings. The molecule has 0 aromatic heterocycles. The van der Waals surface area contributed by atoms with Crippen LogP contribution in [0.2, 0.25) is 0 Å². The number of benzene rings is 2. The van der Waals surface area contributed by atoms with Crippen molar-refractivity contribution in [3.05, 3.63) is 67.4 Å². The van der Waals surface area contributed by atoms with Gasteiger partial charge in [-0.05, 0) is 43.3 Å². The molecule has 0 atom stereocenters. The van der Waals surface area contributed by atoms with Gasteiger partial charge in [0, 0.05) is 17.6 Å². The molecule has 0 aliphatic heterocycles. The SMILES string of the molecule is C=CN(c1ccccc1)c1ccc(OCC)cc1. The van der Waals surface area contributed by atoms with Crippen LogP contribution in [0, 0.1) is 0 Å². The molecule has 0 bridgehead atoms. The molecule has 2 heteroatoms. The first-order valence-electron chi connectivity index (χ1n) is 6.05. The van der Waals surface area contributed by atoms with Gasteiger partial charge >= 0.3 is 0 Å². The van der Waals surface area contributed by atoms with Crippen LogP contribution in [-0.2, 0) is 0 Å². The number of anilines is 2. The number of hydrogen-bond donors (Lipinski definition) is 0. The summed E-state index contributed by atoms with van der Waals surface area (Å²) in [4.78, 5) is 2.04. The Morgan fingerprint density at radius 1 is 1.00 bits per heavy atom. The van der Waals surface area contributed by atoms with E-state index in [9.17, 15) is 0 Å². The number of nitrogens with zero attached hydrogens (tertiary/aromatic N) is 1. The van der Waals surface area contributed by atoms with Gasteiger partial charge in [-0.2, -0.15) is 0 Å². The first kappa shape index (κ1) is 12.2. The van der Waals surface area contributed by atoms with E-state index in [1.165, 1.54) is 0 Å². The van der Waals surface area contributed by atoms with Crippen LogP contribution in [0.15, 0.2) is 67.4 Å². The topological polar surface area (TPSA) is 12.5 Å². The van der Waals surface area contributed by atoms with Crippen LogP contribution in [0.4, 0.5) is 11.4 Å². The maximum absolute atomic E-state index is 5.44. The van der Waals surface area contributed by atoms with Crippen molar-refractivity contribution in [2.45, 2.75) is 6.92 Å². The monoisotopic (exact) mass is 239 g/mol. The standard InChI is InChI=1S/C16H17NO/c1-3-17(14-8-6-5-7-9-14)15-10-12-16(13-11-15)18-4-2/h3,5-13H,1,4H2,2H3. The lowest BCUT2D eigenvalue weighted by atomic mass is 10.2. The molecule has 2 nitrogen and oxygen atoms in total. The molecule has 0 saturated heterocycles. The molecule has 0 spiro atoms. The second-order valence-electron chi connectivity index (χ2n) is 3.82. The molecule has 2 aromatic carbocycles. The largest absolute Gasteiger partial charge is 0.494 e. The molecule has 0 fully saturated rings. The van der Waals surface area contributed by atoms with Crippen LogP contribution in [0.3, 0.4) is 0 Å². The minimum Gasteiger partial charge on any atom is -0.494 e. The fourth-order valence-corrected chi connectivity index (χ4v) is 1.82. The molecule has 18 heavy (non-hydrogen) atoms. The van der Waals surface area contributed by atoms with E-state index in [-0.39, 0.29) is 0 Å². The van der Waals surface area contributed by atoms with Gasteiger partial charge in [-0.15, -0.1) is 0 Å². The maximum atomic E-state index is 5.44. The summed E-state index contributed by atoms with van der Waals surface area (Å²) in [7, 11) is 0. The van der Waals surface area contributed by atoms with Crippen molar-refractivity contribution >= 4 is 11.4 Å². The highest BCUT2D eigenvalue weighted by Crippen LogP contribution is 2.27. The van der Waals surface area contributed by atoms with E-state index >= 15 is 0 Å². The minimum atomic E-state index is 0.684. The molecular formula is C16H17NO. The third-order valence-electron chi connectivity index (χ3n) is 2.64. The zero-order chi connectivity index (χ0) is 12.8. The lowest BCUT2D eigenvalue weighted by Crippen LogP contribution is -2.07. The Morgan fingerprint density at radius 3 is 2.17 bits per heavy atom. The number of hydrogen-bond acceptors (Lipinski definition) is 2. The second-order valence-corrected chi connectivity index (χ2v) is 3.82. The Hall–Kier alpha value is -2.22. The lowest BCUT2D eigenvalue weighted by molar-refractivity contribution is 0.340. The van der Waals surface area contributed by atoms with Gasteiger partial charge in [0.2, 0.25) is 0 Å². The summed E-state index contributed by atoms with van der Waals surface area (Å²) in [6.07, 6.45) is 1.81. The van der Waals surface area contributed by atoms with Crippen molar-refractivity contribution < 1.29 is 4.74 Å². The third kappa shape index (κ3) is 2.72. The first-order valence-corrected chi connectivity index (χ1v) is 6.05. The Kier molecular flexibility index (Phi) is 4.02. The molecule has 0 amide bonds. The van der Waals surface area contributed by atoms with E-state index in [0.717, 1.165) is 17.1 Å². The zero-order valence-corrected chi connectivity index (χ0v) is 10.5. The van der Waals surface area contributed by atoms with Gasteiger partial charge in [0.15, 0.2) is 0 Å². The fourth-order valence-electron chi connectivity index (χ4n) is 1.82. The van der Waals surface area contributed by atoms with E-state index in [0.29, 0.717) is 6.61 Å². The highest BCUT2D eigenvalue weighted by Gasteiger charge is 2.04. The van der Waals surface area contributed by atoms with Crippen molar-refractivity contribution in [3.8, 4) is 5.75 Å². The normalized spacial score (nSPS) is 9.83. The molecule has 0 radical (unpaired) electrons. The predicted molar refractivity (Wildman–Crippen MR) is 76.4 cm³/mol. The average Bonchev–Trinajstić information content (AvgIpc) is 2.43. The molecule has 0 unspecified atom stereocenters. The van der Waals surface area contributed by atoms with Crippen LogP contribution < -0.4 is 9.64 Å². The van der Waals surface area contributed by atoms with Gasteiger partial charge in [0.05, 0.1) is 6.61 Å². The molecule has 0 N–H and O–H groups in total. The Morgan fingerprint density at radius 2 is 1.61 bits per heavy atom. The molecule has 92 valence electrons. The number of ether oxygens (including phenoxy) is 1. The average molecular weight is 239 g/mol. The van der Waals surface area contributed by atoms with Gasteiger partial charge in [-0.25, -0.2) is 0 Å². The molecule has 0 heterocycles. The van der Waals surface area contributed by atoms with Crippen molar-refractivity contribution in [2.75, 3.05) is 11.5 Å². The second kappa shape index (κ2) is 5.92. The van der Waals surface area contributed by atoms with E-state index in [4.69, 9.17) is 4.74 Å². The van der Waals surface area contributed by atoms with Gasteiger partial charge in [-0.3, -0.25) is 0 Å². The summed E-state index contributed by atoms with van der Waals surface area (Å²) in [5.74, 6) is 0.887. The van der Waals surface area contributed by atoms with E-state index < -0.39 is 0 Å². The van der Waals surface area contributed by atoms with Crippen molar-refractivity contribution in [2.24, 2.45) is 0 Å². The van der Waals surface area contributed by atoms with Gasteiger partial charge < -0.3 is 9.64 Å².